The molecule has 0 aromatic heterocycles. The highest BCUT2D eigenvalue weighted by molar-refractivity contribution is 5.78. The predicted molar refractivity (Wildman–Crippen MR) is 80.8 cm³/mol. The summed E-state index contributed by atoms with van der Waals surface area (Å²) in [6.07, 6.45) is 2.88. The molecular weight excluding hydrogens is 256 g/mol. The Morgan fingerprint density at radius 1 is 1.35 bits per heavy atom. The molecule has 6 heteroatoms. The molecule has 2 N–H and O–H groups in total. The minimum Gasteiger partial charge on any atom is -0.444 e. The van der Waals surface area contributed by atoms with Crippen molar-refractivity contribution in [2.24, 2.45) is 10.7 Å². The molecule has 1 aliphatic carbocycles. The summed E-state index contributed by atoms with van der Waals surface area (Å²) < 4.78 is 5.27. The second kappa shape index (κ2) is 6.81. The van der Waals surface area contributed by atoms with Crippen molar-refractivity contribution in [1.29, 1.82) is 0 Å². The molecule has 0 bridgehead atoms. The Morgan fingerprint density at radius 2 is 1.95 bits per heavy atom. The zero-order valence-corrected chi connectivity index (χ0v) is 13.3. The molecule has 0 aromatic rings. The fourth-order valence-corrected chi connectivity index (χ4v) is 1.69. The van der Waals surface area contributed by atoms with E-state index in [0.717, 1.165) is 6.42 Å². The van der Waals surface area contributed by atoms with Crippen molar-refractivity contribution in [1.82, 2.24) is 9.80 Å². The molecule has 0 unspecified atom stereocenters. The molecule has 1 rings (SSSR count). The molecule has 6 nitrogen and oxygen atoms in total. The van der Waals surface area contributed by atoms with Crippen molar-refractivity contribution >= 4 is 12.1 Å². The van der Waals surface area contributed by atoms with Gasteiger partial charge in [0.05, 0.1) is 0 Å². The fraction of sp³-hybridized carbons (Fsp3) is 0.857. The smallest absolute Gasteiger partial charge is 0.410 e. The van der Waals surface area contributed by atoms with Crippen LogP contribution in [0.1, 0.15) is 40.0 Å². The van der Waals surface area contributed by atoms with Crippen LogP contribution in [-0.2, 0) is 4.74 Å². The van der Waals surface area contributed by atoms with Gasteiger partial charge in [-0.15, -0.1) is 0 Å². The van der Waals surface area contributed by atoms with Gasteiger partial charge in [0, 0.05) is 33.2 Å². The van der Waals surface area contributed by atoms with Gasteiger partial charge in [-0.1, -0.05) is 0 Å². The molecule has 0 spiro atoms. The summed E-state index contributed by atoms with van der Waals surface area (Å²) in [5.74, 6) is 0.590. The van der Waals surface area contributed by atoms with Gasteiger partial charge in [0.1, 0.15) is 5.60 Å². The Labute approximate surface area is 122 Å². The van der Waals surface area contributed by atoms with Crippen LogP contribution in [0.25, 0.3) is 0 Å². The molecule has 116 valence electrons. The Kier molecular flexibility index (Phi) is 5.65. The first-order valence-electron chi connectivity index (χ1n) is 7.17. The van der Waals surface area contributed by atoms with Gasteiger partial charge in [0.2, 0.25) is 0 Å². The Hall–Kier alpha value is -1.46. The molecule has 1 saturated carbocycles. The second-order valence-corrected chi connectivity index (χ2v) is 6.34. The SMILES string of the molecule is CN(CCCN=C(N)N(C)C1CC1)C(=O)OC(C)(C)C. The quantitative estimate of drug-likeness (QED) is 0.473. The van der Waals surface area contributed by atoms with Crippen molar-refractivity contribution in [3.8, 4) is 0 Å². The molecule has 0 aliphatic heterocycles. The maximum atomic E-state index is 11.7. The van der Waals surface area contributed by atoms with E-state index in [1.165, 1.54) is 12.8 Å². The van der Waals surface area contributed by atoms with Crippen LogP contribution in [0, 0.1) is 0 Å². The number of nitrogens with zero attached hydrogens (tertiary/aromatic N) is 3. The lowest BCUT2D eigenvalue weighted by molar-refractivity contribution is 0.0298. The molecule has 0 atom stereocenters. The average Bonchev–Trinajstić information content (AvgIpc) is 3.14. The first kappa shape index (κ1) is 16.6. The summed E-state index contributed by atoms with van der Waals surface area (Å²) in [6, 6.07) is 0.572. The van der Waals surface area contributed by atoms with E-state index >= 15 is 0 Å². The lowest BCUT2D eigenvalue weighted by Gasteiger charge is -2.24. The van der Waals surface area contributed by atoms with Crippen molar-refractivity contribution in [2.75, 3.05) is 27.2 Å². The van der Waals surface area contributed by atoms with Crippen LogP contribution >= 0.6 is 0 Å². The minimum atomic E-state index is -0.457. The third kappa shape index (κ3) is 6.12. The van der Waals surface area contributed by atoms with Crippen molar-refractivity contribution in [2.45, 2.75) is 51.7 Å². The first-order valence-corrected chi connectivity index (χ1v) is 7.17. The Balaban J connectivity index is 2.22. The van der Waals surface area contributed by atoms with Crippen molar-refractivity contribution < 1.29 is 9.53 Å². The Morgan fingerprint density at radius 3 is 2.45 bits per heavy atom. The molecule has 20 heavy (non-hydrogen) atoms. The zero-order chi connectivity index (χ0) is 15.3. The van der Waals surface area contributed by atoms with E-state index in [0.29, 0.717) is 25.1 Å². The molecule has 0 heterocycles. The van der Waals surface area contributed by atoms with Crippen LogP contribution in [-0.4, -0.2) is 60.7 Å². The molecule has 0 saturated heterocycles. The summed E-state index contributed by atoms with van der Waals surface area (Å²) in [7, 11) is 3.71. The van der Waals surface area contributed by atoms with Crippen LogP contribution in [0.5, 0.6) is 0 Å². The van der Waals surface area contributed by atoms with E-state index in [9.17, 15) is 4.79 Å². The number of guanidine groups is 1. The highest BCUT2D eigenvalue weighted by Crippen LogP contribution is 2.24. The third-order valence-corrected chi connectivity index (χ3v) is 3.09. The van der Waals surface area contributed by atoms with Gasteiger partial charge in [-0.05, 0) is 40.0 Å². The molecule has 1 fully saturated rings. The fourth-order valence-electron chi connectivity index (χ4n) is 1.69. The average molecular weight is 284 g/mol. The van der Waals surface area contributed by atoms with Gasteiger partial charge >= 0.3 is 6.09 Å². The number of hydrogen-bond acceptors (Lipinski definition) is 3. The van der Waals surface area contributed by atoms with Crippen LogP contribution in [0.4, 0.5) is 4.79 Å². The minimum absolute atomic E-state index is 0.301. The van der Waals surface area contributed by atoms with Crippen molar-refractivity contribution in [3.63, 3.8) is 0 Å². The third-order valence-electron chi connectivity index (χ3n) is 3.09. The lowest BCUT2D eigenvalue weighted by Crippen LogP contribution is -2.36. The van der Waals surface area contributed by atoms with Crippen molar-refractivity contribution in [3.05, 3.63) is 0 Å². The second-order valence-electron chi connectivity index (χ2n) is 6.34. The van der Waals surface area contributed by atoms with Crippen LogP contribution in [0.15, 0.2) is 4.99 Å². The number of hydrogen-bond donors (Lipinski definition) is 1. The summed E-state index contributed by atoms with van der Waals surface area (Å²) >= 11 is 0. The molecule has 0 radical (unpaired) electrons. The van der Waals surface area contributed by atoms with Gasteiger partial charge in [-0.25, -0.2) is 4.79 Å². The number of ether oxygens (including phenoxy) is 1. The van der Waals surface area contributed by atoms with Gasteiger partial charge in [-0.3, -0.25) is 4.99 Å². The molecule has 0 aromatic carbocycles. The normalized spacial score (nSPS) is 15.9. The zero-order valence-electron chi connectivity index (χ0n) is 13.3. The van der Waals surface area contributed by atoms with Crippen LogP contribution in [0.2, 0.25) is 0 Å². The molecule has 1 amide bonds. The van der Waals surface area contributed by atoms with Gasteiger partial charge < -0.3 is 20.3 Å². The van der Waals surface area contributed by atoms with Gasteiger partial charge in [0.25, 0.3) is 0 Å². The summed E-state index contributed by atoms with van der Waals surface area (Å²) in [6.45, 7) is 6.81. The summed E-state index contributed by atoms with van der Waals surface area (Å²) in [5, 5.41) is 0. The number of amides is 1. The molecule has 1 aliphatic rings. The van der Waals surface area contributed by atoms with Crippen LogP contribution in [0.3, 0.4) is 0 Å². The molecular formula is C14H28N4O2. The van der Waals surface area contributed by atoms with E-state index in [1.54, 1.807) is 11.9 Å². The summed E-state index contributed by atoms with van der Waals surface area (Å²) in [5.41, 5.74) is 5.43. The number of rotatable bonds is 5. The van der Waals surface area contributed by atoms with Gasteiger partial charge in [0.15, 0.2) is 5.96 Å². The highest BCUT2D eigenvalue weighted by Gasteiger charge is 2.27. The number of carbonyl (C=O) groups excluding carboxylic acids is 1. The van der Waals surface area contributed by atoms with Gasteiger partial charge in [-0.2, -0.15) is 0 Å². The highest BCUT2D eigenvalue weighted by atomic mass is 16.6. The van der Waals surface area contributed by atoms with E-state index in [-0.39, 0.29) is 6.09 Å². The van der Waals surface area contributed by atoms with Crippen LogP contribution < -0.4 is 5.73 Å². The number of nitrogens with two attached hydrogens (primary N) is 1. The number of carbonyl (C=O) groups is 1. The largest absolute Gasteiger partial charge is 0.444 e. The summed E-state index contributed by atoms with van der Waals surface area (Å²) in [4.78, 5) is 19.7. The Bertz CT molecular complexity index is 359. The maximum Gasteiger partial charge on any atom is 0.410 e. The van der Waals surface area contributed by atoms with E-state index in [1.807, 2.05) is 32.7 Å². The number of aliphatic imine (C=N–C) groups is 1. The lowest BCUT2D eigenvalue weighted by atomic mass is 10.2. The predicted octanol–water partition coefficient (Wildman–Crippen LogP) is 1.65. The topological polar surface area (TPSA) is 71.2 Å². The first-order chi connectivity index (χ1) is 9.20. The maximum absolute atomic E-state index is 11.7. The van der Waals surface area contributed by atoms with E-state index in [2.05, 4.69) is 4.99 Å². The monoisotopic (exact) mass is 284 g/mol. The standard InChI is InChI=1S/C14H28N4O2/c1-14(2,3)20-13(19)17(4)10-6-9-16-12(15)18(5)11-7-8-11/h11H,6-10H2,1-5H3,(H2,15,16). The van der Waals surface area contributed by atoms with E-state index in [4.69, 9.17) is 10.5 Å². The van der Waals surface area contributed by atoms with E-state index < -0.39 is 5.60 Å².